The summed E-state index contributed by atoms with van der Waals surface area (Å²) in [4.78, 5) is 30.4. The number of anilines is 2. The van der Waals surface area contributed by atoms with Crippen molar-refractivity contribution in [1.29, 1.82) is 0 Å². The molecule has 5 nitrogen and oxygen atoms in total. The van der Waals surface area contributed by atoms with E-state index in [9.17, 15) is 9.59 Å². The van der Waals surface area contributed by atoms with Crippen LogP contribution in [-0.4, -0.2) is 28.3 Å². The fourth-order valence-electron chi connectivity index (χ4n) is 4.70. The van der Waals surface area contributed by atoms with Crippen LogP contribution in [0.5, 0.6) is 0 Å². The predicted molar refractivity (Wildman–Crippen MR) is 120 cm³/mol. The summed E-state index contributed by atoms with van der Waals surface area (Å²) in [7, 11) is 0. The molecule has 4 rings (SSSR count). The molecule has 30 heavy (non-hydrogen) atoms. The topological polar surface area (TPSA) is 52.7 Å². The Labute approximate surface area is 178 Å². The zero-order chi connectivity index (χ0) is 21.6. The van der Waals surface area contributed by atoms with Crippen molar-refractivity contribution in [2.45, 2.75) is 52.7 Å². The van der Waals surface area contributed by atoms with E-state index in [4.69, 9.17) is 0 Å². The molecule has 0 spiro atoms. The smallest absolute Gasteiger partial charge is 0.254 e. The Morgan fingerprint density at radius 2 is 1.70 bits per heavy atom. The molecule has 0 radical (unpaired) electrons. The molecule has 2 aromatic rings. The Hall–Kier alpha value is -3.08. The van der Waals surface area contributed by atoms with Crippen molar-refractivity contribution >= 4 is 23.2 Å². The molecule has 2 heterocycles. The number of rotatable bonds is 3. The van der Waals surface area contributed by atoms with Gasteiger partial charge in [0.1, 0.15) is 0 Å². The van der Waals surface area contributed by atoms with Crippen molar-refractivity contribution < 1.29 is 9.59 Å². The zero-order valence-electron chi connectivity index (χ0n) is 18.3. The maximum Gasteiger partial charge on any atom is 0.254 e. The maximum atomic E-state index is 13.8. The molecule has 5 heteroatoms. The lowest BCUT2D eigenvalue weighted by molar-refractivity contribution is -0.130. The van der Waals surface area contributed by atoms with Gasteiger partial charge in [-0.05, 0) is 37.5 Å². The standard InChI is InChI=1S/C25H29N3O2/c1-16(2)22-21-23(26-19-13-9-10-14-20(19)28(22)17(3)29)25(4,5)27(24(21)30)15-18-11-7-6-8-12-18/h6-14,16,22,26H,15H2,1-5H3. The van der Waals surface area contributed by atoms with E-state index in [2.05, 4.69) is 33.0 Å². The first-order chi connectivity index (χ1) is 14.2. The summed E-state index contributed by atoms with van der Waals surface area (Å²) in [6, 6.07) is 17.5. The number of hydrogen-bond donors (Lipinski definition) is 1. The van der Waals surface area contributed by atoms with Gasteiger partial charge in [0.15, 0.2) is 0 Å². The van der Waals surface area contributed by atoms with Crippen molar-refractivity contribution in [2.75, 3.05) is 10.2 Å². The quantitative estimate of drug-likeness (QED) is 0.817. The highest BCUT2D eigenvalue weighted by Gasteiger charge is 2.51. The maximum absolute atomic E-state index is 13.8. The molecular formula is C25H29N3O2. The van der Waals surface area contributed by atoms with Gasteiger partial charge in [-0.3, -0.25) is 9.59 Å². The van der Waals surface area contributed by atoms with Crippen LogP contribution >= 0.6 is 0 Å². The molecule has 0 aromatic heterocycles. The number of hydrogen-bond acceptors (Lipinski definition) is 3. The number of nitrogens with zero attached hydrogens (tertiary/aromatic N) is 2. The van der Waals surface area contributed by atoms with Crippen LogP contribution in [-0.2, 0) is 16.1 Å². The lowest BCUT2D eigenvalue weighted by Crippen LogP contribution is -2.47. The molecular weight excluding hydrogens is 374 g/mol. The molecule has 1 atom stereocenters. The zero-order valence-corrected chi connectivity index (χ0v) is 18.3. The highest BCUT2D eigenvalue weighted by molar-refractivity contribution is 6.06. The second-order valence-corrected chi connectivity index (χ2v) is 8.94. The monoisotopic (exact) mass is 403 g/mol. The molecule has 2 amide bonds. The molecule has 0 fully saturated rings. The van der Waals surface area contributed by atoms with E-state index < -0.39 is 5.54 Å². The van der Waals surface area contributed by atoms with E-state index in [0.29, 0.717) is 12.1 Å². The summed E-state index contributed by atoms with van der Waals surface area (Å²) in [5.74, 6) is -0.00351. The largest absolute Gasteiger partial charge is 0.355 e. The molecule has 2 aliphatic rings. The summed E-state index contributed by atoms with van der Waals surface area (Å²) >= 11 is 0. The predicted octanol–water partition coefficient (Wildman–Crippen LogP) is 4.56. The van der Waals surface area contributed by atoms with Crippen LogP contribution in [0.4, 0.5) is 11.4 Å². The van der Waals surface area contributed by atoms with Crippen LogP contribution in [0.3, 0.4) is 0 Å². The van der Waals surface area contributed by atoms with Gasteiger partial charge in [0.2, 0.25) is 5.91 Å². The van der Waals surface area contributed by atoms with Gasteiger partial charge in [-0.25, -0.2) is 0 Å². The van der Waals surface area contributed by atoms with Crippen LogP contribution in [0.25, 0.3) is 0 Å². The van der Waals surface area contributed by atoms with Gasteiger partial charge >= 0.3 is 0 Å². The molecule has 0 saturated heterocycles. The summed E-state index contributed by atoms with van der Waals surface area (Å²) in [6.07, 6.45) is 0. The Morgan fingerprint density at radius 3 is 2.33 bits per heavy atom. The van der Waals surface area contributed by atoms with E-state index in [-0.39, 0.29) is 23.8 Å². The highest BCUT2D eigenvalue weighted by Crippen LogP contribution is 2.46. The van der Waals surface area contributed by atoms with Gasteiger partial charge in [-0.1, -0.05) is 56.3 Å². The number of benzene rings is 2. The minimum Gasteiger partial charge on any atom is -0.355 e. The third-order valence-electron chi connectivity index (χ3n) is 6.18. The van der Waals surface area contributed by atoms with Crippen molar-refractivity contribution in [3.63, 3.8) is 0 Å². The summed E-state index contributed by atoms with van der Waals surface area (Å²) in [5, 5.41) is 3.55. The van der Waals surface area contributed by atoms with E-state index in [1.807, 2.05) is 59.5 Å². The third kappa shape index (κ3) is 3.09. The molecule has 1 unspecified atom stereocenters. The van der Waals surface area contributed by atoms with Gasteiger partial charge in [0, 0.05) is 13.5 Å². The van der Waals surface area contributed by atoms with Crippen LogP contribution < -0.4 is 10.2 Å². The SMILES string of the molecule is CC(=O)N1c2ccccc2NC2=C(C(=O)N(Cc3ccccc3)C2(C)C)C1C(C)C. The third-order valence-corrected chi connectivity index (χ3v) is 6.18. The molecule has 156 valence electrons. The number of amides is 2. The first kappa shape index (κ1) is 20.2. The number of carbonyl (C=O) groups excluding carboxylic acids is 2. The molecule has 1 N–H and O–H groups in total. The first-order valence-electron chi connectivity index (χ1n) is 10.5. The van der Waals surface area contributed by atoms with E-state index in [1.54, 1.807) is 11.8 Å². The average molecular weight is 404 g/mol. The average Bonchev–Trinajstić information content (AvgIpc) is 2.84. The van der Waals surface area contributed by atoms with Gasteiger partial charge in [-0.2, -0.15) is 0 Å². The minimum atomic E-state index is -0.532. The number of carbonyl (C=O) groups is 2. The molecule has 2 aromatic carbocycles. The lowest BCUT2D eigenvalue weighted by atomic mass is 9.90. The van der Waals surface area contributed by atoms with Crippen LogP contribution in [0.15, 0.2) is 65.9 Å². The van der Waals surface area contributed by atoms with Crippen molar-refractivity contribution in [3.05, 3.63) is 71.4 Å². The molecule has 2 aliphatic heterocycles. The van der Waals surface area contributed by atoms with Crippen LogP contribution in [0.2, 0.25) is 0 Å². The van der Waals surface area contributed by atoms with Gasteiger partial charge in [0.05, 0.1) is 34.2 Å². The summed E-state index contributed by atoms with van der Waals surface area (Å²) < 4.78 is 0. The van der Waals surface area contributed by atoms with Crippen LogP contribution in [0.1, 0.15) is 40.2 Å². The molecule has 0 bridgehead atoms. The Kier molecular flexibility index (Phi) is 4.92. The number of nitrogens with one attached hydrogen (secondary N) is 1. The fraction of sp³-hybridized carbons (Fsp3) is 0.360. The van der Waals surface area contributed by atoms with Crippen molar-refractivity contribution in [2.24, 2.45) is 5.92 Å². The molecule has 0 aliphatic carbocycles. The highest BCUT2D eigenvalue weighted by atomic mass is 16.2. The second-order valence-electron chi connectivity index (χ2n) is 8.94. The normalized spacial score (nSPS) is 20.1. The molecule has 0 saturated carbocycles. The lowest BCUT2D eigenvalue weighted by Gasteiger charge is -2.36. The van der Waals surface area contributed by atoms with E-state index in [1.165, 1.54) is 0 Å². The van der Waals surface area contributed by atoms with Crippen molar-refractivity contribution in [1.82, 2.24) is 4.90 Å². The number of para-hydroxylation sites is 2. The van der Waals surface area contributed by atoms with E-state index in [0.717, 1.165) is 22.6 Å². The van der Waals surface area contributed by atoms with Gasteiger partial charge in [0.25, 0.3) is 5.91 Å². The minimum absolute atomic E-state index is 0.0101. The van der Waals surface area contributed by atoms with Gasteiger partial charge < -0.3 is 15.1 Å². The van der Waals surface area contributed by atoms with Crippen LogP contribution in [0, 0.1) is 5.92 Å². The Balaban J connectivity index is 1.87. The summed E-state index contributed by atoms with van der Waals surface area (Å²) in [6.45, 7) is 10.4. The Morgan fingerprint density at radius 1 is 1.07 bits per heavy atom. The first-order valence-corrected chi connectivity index (χ1v) is 10.5. The number of fused-ring (bicyclic) bond motifs is 1. The van der Waals surface area contributed by atoms with Gasteiger partial charge in [-0.15, -0.1) is 0 Å². The Bertz CT molecular complexity index is 1020. The van der Waals surface area contributed by atoms with Crippen molar-refractivity contribution in [3.8, 4) is 0 Å². The fourth-order valence-corrected chi connectivity index (χ4v) is 4.70. The van der Waals surface area contributed by atoms with E-state index >= 15 is 0 Å². The summed E-state index contributed by atoms with van der Waals surface area (Å²) in [5.41, 5.74) is 3.80. The second kappa shape index (κ2) is 7.31.